The van der Waals surface area contributed by atoms with E-state index >= 15 is 0 Å². The van der Waals surface area contributed by atoms with E-state index in [1.54, 1.807) is 30.3 Å². The van der Waals surface area contributed by atoms with Crippen LogP contribution in [0.15, 0.2) is 35.9 Å². The van der Waals surface area contributed by atoms with E-state index in [1.807, 2.05) is 0 Å². The number of aldehydes is 2. The summed E-state index contributed by atoms with van der Waals surface area (Å²) < 4.78 is 11.0. The Morgan fingerprint density at radius 3 is 2.41 bits per heavy atom. The molecule has 5 aliphatic rings. The van der Waals surface area contributed by atoms with Gasteiger partial charge >= 0.3 is 11.9 Å². The van der Waals surface area contributed by atoms with E-state index in [2.05, 4.69) is 6.92 Å². The van der Waals surface area contributed by atoms with Crippen LogP contribution in [0.2, 0.25) is 0 Å². The Hall–Kier alpha value is -2.84. The summed E-state index contributed by atoms with van der Waals surface area (Å²) in [6, 6.07) is 6.20. The van der Waals surface area contributed by atoms with E-state index in [-0.39, 0.29) is 36.8 Å². The van der Waals surface area contributed by atoms with Crippen molar-refractivity contribution < 1.29 is 38.9 Å². The number of ether oxygens (including phenoxy) is 2. The van der Waals surface area contributed by atoms with E-state index in [0.29, 0.717) is 62.4 Å². The Kier molecular flexibility index (Phi) is 6.15. The SMILES string of the molecule is C[C@]12CCC3C(CC[C@]4(O)C[C@@H](OC(=O)c5ccc(C=O)cc5)CC[C@]34C=O)[C@@]1(O)CC[C@@H]2C1=CC(=O)OC1. The molecule has 2 unspecified atom stereocenters. The first-order valence-corrected chi connectivity index (χ1v) is 14.1. The van der Waals surface area contributed by atoms with Crippen LogP contribution in [-0.2, 0) is 19.1 Å². The molecular weight excluding hydrogens is 500 g/mol. The van der Waals surface area contributed by atoms with Crippen molar-refractivity contribution in [2.45, 2.75) is 82.0 Å². The number of carbonyl (C=O) groups is 4. The third-order valence-corrected chi connectivity index (χ3v) is 11.4. The molecule has 8 heteroatoms. The van der Waals surface area contributed by atoms with Gasteiger partial charge in [-0.15, -0.1) is 0 Å². The minimum Gasteiger partial charge on any atom is -0.459 e. The van der Waals surface area contributed by atoms with Crippen LogP contribution in [0, 0.1) is 28.6 Å². The van der Waals surface area contributed by atoms with Gasteiger partial charge in [-0.05, 0) is 86.8 Å². The van der Waals surface area contributed by atoms with Gasteiger partial charge in [-0.25, -0.2) is 9.59 Å². The van der Waals surface area contributed by atoms with Crippen LogP contribution in [0.1, 0.15) is 85.4 Å². The number of rotatable bonds is 5. The zero-order valence-corrected chi connectivity index (χ0v) is 22.3. The monoisotopic (exact) mass is 536 g/mol. The molecule has 4 aliphatic carbocycles. The molecule has 1 heterocycles. The van der Waals surface area contributed by atoms with Crippen molar-refractivity contribution in [3.05, 3.63) is 47.0 Å². The smallest absolute Gasteiger partial charge is 0.338 e. The zero-order chi connectivity index (χ0) is 27.6. The molecule has 39 heavy (non-hydrogen) atoms. The molecule has 8 atom stereocenters. The molecule has 0 amide bonds. The molecule has 0 bridgehead atoms. The highest BCUT2D eigenvalue weighted by Gasteiger charge is 2.71. The van der Waals surface area contributed by atoms with Gasteiger partial charge < -0.3 is 24.5 Å². The van der Waals surface area contributed by atoms with Gasteiger partial charge in [0.15, 0.2) is 0 Å². The first-order valence-electron chi connectivity index (χ1n) is 14.1. The summed E-state index contributed by atoms with van der Waals surface area (Å²) in [5, 5.41) is 24.4. The van der Waals surface area contributed by atoms with E-state index in [1.165, 1.54) is 0 Å². The first-order chi connectivity index (χ1) is 18.6. The Labute approximate surface area is 227 Å². The molecule has 4 fully saturated rings. The van der Waals surface area contributed by atoms with E-state index < -0.39 is 34.1 Å². The van der Waals surface area contributed by atoms with Crippen LogP contribution in [0.4, 0.5) is 0 Å². The van der Waals surface area contributed by atoms with Gasteiger partial charge in [0.05, 0.1) is 22.2 Å². The number of carbonyl (C=O) groups excluding carboxylic acids is 4. The number of fused-ring (bicyclic) bond motifs is 5. The number of hydrogen-bond donors (Lipinski definition) is 2. The maximum Gasteiger partial charge on any atom is 0.338 e. The molecule has 1 aromatic carbocycles. The highest BCUT2D eigenvalue weighted by atomic mass is 16.5. The average Bonchev–Trinajstić information content (AvgIpc) is 3.47. The molecule has 0 aromatic heterocycles. The van der Waals surface area contributed by atoms with Crippen LogP contribution in [-0.4, -0.2) is 58.6 Å². The fraction of sp³-hybridized carbons (Fsp3) is 0.613. The predicted octanol–water partition coefficient (Wildman–Crippen LogP) is 3.58. The van der Waals surface area contributed by atoms with E-state index in [9.17, 15) is 29.4 Å². The minimum atomic E-state index is -1.32. The molecule has 0 saturated heterocycles. The Morgan fingerprint density at radius 2 is 1.74 bits per heavy atom. The Morgan fingerprint density at radius 1 is 1.00 bits per heavy atom. The van der Waals surface area contributed by atoms with Crippen molar-refractivity contribution in [2.24, 2.45) is 28.6 Å². The van der Waals surface area contributed by atoms with Gasteiger partial charge in [0.2, 0.25) is 0 Å². The molecule has 0 radical (unpaired) electrons. The number of benzene rings is 1. The molecule has 208 valence electrons. The minimum absolute atomic E-state index is 0.0543. The summed E-state index contributed by atoms with van der Waals surface area (Å²) >= 11 is 0. The number of hydrogen-bond acceptors (Lipinski definition) is 8. The zero-order valence-electron chi connectivity index (χ0n) is 22.3. The van der Waals surface area contributed by atoms with Gasteiger partial charge in [0.25, 0.3) is 0 Å². The summed E-state index contributed by atoms with van der Waals surface area (Å²) in [5.41, 5.74) is -2.01. The van der Waals surface area contributed by atoms with Crippen molar-refractivity contribution in [3.63, 3.8) is 0 Å². The molecule has 2 N–H and O–H groups in total. The van der Waals surface area contributed by atoms with Crippen LogP contribution in [0.5, 0.6) is 0 Å². The second-order valence-corrected chi connectivity index (χ2v) is 12.8. The largest absolute Gasteiger partial charge is 0.459 e. The third-order valence-electron chi connectivity index (χ3n) is 11.4. The van der Waals surface area contributed by atoms with Crippen LogP contribution < -0.4 is 0 Å². The number of cyclic esters (lactones) is 1. The molecule has 1 aromatic rings. The summed E-state index contributed by atoms with van der Waals surface area (Å²) in [7, 11) is 0. The summed E-state index contributed by atoms with van der Waals surface area (Å²) in [6.07, 6.45) is 7.41. The fourth-order valence-corrected chi connectivity index (χ4v) is 9.34. The third kappa shape index (κ3) is 3.70. The first kappa shape index (κ1) is 26.4. The van der Waals surface area contributed by atoms with Crippen LogP contribution in [0.25, 0.3) is 0 Å². The second-order valence-electron chi connectivity index (χ2n) is 12.8. The van der Waals surface area contributed by atoms with Crippen LogP contribution in [0.3, 0.4) is 0 Å². The molecule has 4 saturated carbocycles. The highest BCUT2D eigenvalue weighted by molar-refractivity contribution is 5.90. The Bertz CT molecular complexity index is 1240. The fourth-order valence-electron chi connectivity index (χ4n) is 9.34. The lowest BCUT2D eigenvalue weighted by molar-refractivity contribution is -0.248. The van der Waals surface area contributed by atoms with Gasteiger partial charge in [-0.3, -0.25) is 4.79 Å². The quantitative estimate of drug-likeness (QED) is 0.432. The lowest BCUT2D eigenvalue weighted by Crippen LogP contribution is -2.69. The summed E-state index contributed by atoms with van der Waals surface area (Å²) in [6.45, 7) is 2.40. The van der Waals surface area contributed by atoms with Gasteiger partial charge in [0.1, 0.15) is 25.3 Å². The van der Waals surface area contributed by atoms with E-state index in [4.69, 9.17) is 9.47 Å². The maximum atomic E-state index is 12.9. The van der Waals surface area contributed by atoms with Crippen molar-refractivity contribution in [1.29, 1.82) is 0 Å². The van der Waals surface area contributed by atoms with Gasteiger partial charge in [-0.1, -0.05) is 19.1 Å². The molecular formula is C31H36O8. The summed E-state index contributed by atoms with van der Waals surface area (Å²) in [5.74, 6) is -1.10. The number of aliphatic hydroxyl groups is 2. The highest BCUT2D eigenvalue weighted by Crippen LogP contribution is 2.70. The van der Waals surface area contributed by atoms with Gasteiger partial charge in [0, 0.05) is 23.5 Å². The van der Waals surface area contributed by atoms with Crippen molar-refractivity contribution in [1.82, 2.24) is 0 Å². The lowest BCUT2D eigenvalue weighted by atomic mass is 9.41. The predicted molar refractivity (Wildman–Crippen MR) is 139 cm³/mol. The Balaban J connectivity index is 1.22. The average molecular weight is 537 g/mol. The molecule has 1 aliphatic heterocycles. The lowest BCUT2D eigenvalue weighted by Gasteiger charge is -2.65. The summed E-state index contributed by atoms with van der Waals surface area (Å²) in [4.78, 5) is 48.4. The topological polar surface area (TPSA) is 127 Å². The number of esters is 2. The van der Waals surface area contributed by atoms with E-state index in [0.717, 1.165) is 18.3 Å². The van der Waals surface area contributed by atoms with Crippen LogP contribution >= 0.6 is 0 Å². The molecule has 0 spiro atoms. The van der Waals surface area contributed by atoms with Crippen molar-refractivity contribution in [3.8, 4) is 0 Å². The van der Waals surface area contributed by atoms with Gasteiger partial charge in [-0.2, -0.15) is 0 Å². The second kappa shape index (κ2) is 9.10. The van der Waals surface area contributed by atoms with Crippen molar-refractivity contribution >= 4 is 24.5 Å². The molecule has 6 rings (SSSR count). The normalized spacial score (nSPS) is 42.8. The van der Waals surface area contributed by atoms with Crippen molar-refractivity contribution in [2.75, 3.05) is 6.61 Å². The standard InChI is InChI=1S/C31H36O8/c1-28-10-7-24-25(31(28,37)13-9-23(28)21-14-26(34)38-17-21)8-12-30(36)15-22(6-11-29(24,30)18-33)39-27(35)20-4-2-19(16-32)3-5-20/h2-5,14,16,18,22-25,36-37H,6-13,15,17H2,1H3/t22-,23+,24?,25?,28+,29-,30-,31-/m0/s1. The molecule has 8 nitrogen and oxygen atoms in total. The maximum absolute atomic E-state index is 12.9.